The third-order valence-electron chi connectivity index (χ3n) is 6.02. The van der Waals surface area contributed by atoms with Crippen molar-refractivity contribution in [2.24, 2.45) is 0 Å². The van der Waals surface area contributed by atoms with Gasteiger partial charge in [-0.1, -0.05) is 17.7 Å². The molecule has 2 heterocycles. The van der Waals surface area contributed by atoms with Gasteiger partial charge in [0.25, 0.3) is 0 Å². The molecule has 0 bridgehead atoms. The fourth-order valence-electron chi connectivity index (χ4n) is 4.22. The minimum atomic E-state index is -3.69. The lowest BCUT2D eigenvalue weighted by atomic mass is 10.2. The molecule has 2 unspecified atom stereocenters. The molecular formula is C23H31N2O3PS. The summed E-state index contributed by atoms with van der Waals surface area (Å²) in [4.78, 5) is 14.6. The van der Waals surface area contributed by atoms with Crippen molar-refractivity contribution in [2.75, 3.05) is 36.7 Å². The van der Waals surface area contributed by atoms with Crippen molar-refractivity contribution in [2.45, 2.75) is 44.0 Å². The van der Waals surface area contributed by atoms with E-state index in [1.54, 1.807) is 28.6 Å². The Morgan fingerprint density at radius 2 is 2.00 bits per heavy atom. The van der Waals surface area contributed by atoms with E-state index in [9.17, 15) is 9.46 Å². The van der Waals surface area contributed by atoms with Crippen LogP contribution in [-0.4, -0.2) is 47.8 Å². The number of likely N-dealkylation sites (tertiary alicyclic amines) is 1. The monoisotopic (exact) mass is 446 g/mol. The molecule has 2 aromatic rings. The predicted octanol–water partition coefficient (Wildman–Crippen LogP) is 4.67. The molecule has 162 valence electrons. The molecular weight excluding hydrogens is 415 g/mol. The molecule has 1 saturated heterocycles. The van der Waals surface area contributed by atoms with Gasteiger partial charge in [-0.3, -0.25) is 9.24 Å². The Balaban J connectivity index is 1.46. The van der Waals surface area contributed by atoms with Crippen LogP contribution in [0.25, 0.3) is 0 Å². The van der Waals surface area contributed by atoms with E-state index in [4.69, 9.17) is 4.74 Å². The smallest absolute Gasteiger partial charge is 0.324 e. The molecule has 7 heteroatoms. The van der Waals surface area contributed by atoms with Gasteiger partial charge in [-0.25, -0.2) is 0 Å². The lowest BCUT2D eigenvalue weighted by molar-refractivity contribution is 0.230. The maximum atomic E-state index is 13.4. The molecule has 1 fully saturated rings. The number of thioether (sulfide) groups is 1. The fourth-order valence-corrected chi connectivity index (χ4v) is 7.04. The van der Waals surface area contributed by atoms with Crippen LogP contribution >= 0.6 is 19.3 Å². The number of fused-ring (bicyclic) bond motifs is 1. The van der Waals surface area contributed by atoms with Crippen LogP contribution in [0.1, 0.15) is 31.7 Å². The summed E-state index contributed by atoms with van der Waals surface area (Å²) in [6.07, 6.45) is 3.58. The second kappa shape index (κ2) is 9.35. The summed E-state index contributed by atoms with van der Waals surface area (Å²) in [6.45, 7) is 7.72. The van der Waals surface area contributed by atoms with E-state index in [1.807, 2.05) is 37.3 Å². The van der Waals surface area contributed by atoms with Crippen LogP contribution in [0.5, 0.6) is 5.75 Å². The Morgan fingerprint density at radius 3 is 2.73 bits per heavy atom. The maximum absolute atomic E-state index is 13.4. The van der Waals surface area contributed by atoms with Crippen LogP contribution < -0.4 is 14.7 Å². The SMILES string of the molecule is Cc1ccc(P(=O)(O)N2CCSc3ccc(OCCCN4CCCC4C)cc32)cc1. The molecule has 0 radical (unpaired) electrons. The molecule has 0 aromatic heterocycles. The second-order valence-electron chi connectivity index (χ2n) is 8.21. The van der Waals surface area contributed by atoms with Crippen LogP contribution in [-0.2, 0) is 4.57 Å². The molecule has 0 spiro atoms. The van der Waals surface area contributed by atoms with Crippen molar-refractivity contribution < 1.29 is 14.2 Å². The van der Waals surface area contributed by atoms with Gasteiger partial charge in [-0.2, -0.15) is 0 Å². The zero-order chi connectivity index (χ0) is 21.1. The number of aryl methyl sites for hydroxylation is 1. The highest BCUT2D eigenvalue weighted by Crippen LogP contribution is 2.52. The van der Waals surface area contributed by atoms with Crippen LogP contribution in [0, 0.1) is 6.92 Å². The first-order valence-corrected chi connectivity index (χ1v) is 13.4. The minimum Gasteiger partial charge on any atom is -0.493 e. The molecule has 0 amide bonds. The number of nitrogens with zero attached hydrogens (tertiary/aromatic N) is 2. The van der Waals surface area contributed by atoms with E-state index in [2.05, 4.69) is 11.8 Å². The van der Waals surface area contributed by atoms with E-state index in [-0.39, 0.29) is 0 Å². The van der Waals surface area contributed by atoms with Gasteiger partial charge < -0.3 is 14.5 Å². The first-order valence-electron chi connectivity index (χ1n) is 10.8. The summed E-state index contributed by atoms with van der Waals surface area (Å²) < 4.78 is 21.1. The number of benzene rings is 2. The molecule has 1 N–H and O–H groups in total. The van der Waals surface area contributed by atoms with Gasteiger partial charge in [0.05, 0.1) is 17.6 Å². The van der Waals surface area contributed by atoms with Gasteiger partial charge in [-0.15, -0.1) is 11.8 Å². The summed E-state index contributed by atoms with van der Waals surface area (Å²) in [5.41, 5.74) is 1.87. The molecule has 2 aliphatic heterocycles. The van der Waals surface area contributed by atoms with E-state index < -0.39 is 7.52 Å². The second-order valence-corrected chi connectivity index (χ2v) is 11.4. The maximum Gasteiger partial charge on any atom is 0.324 e. The zero-order valence-electron chi connectivity index (χ0n) is 17.8. The Hall–Kier alpha value is -1.46. The summed E-state index contributed by atoms with van der Waals surface area (Å²) in [5.74, 6) is 1.55. The highest BCUT2D eigenvalue weighted by molar-refractivity contribution is 7.99. The number of hydrogen-bond acceptors (Lipinski definition) is 4. The first kappa shape index (κ1) is 21.8. The molecule has 0 saturated carbocycles. The standard InChI is InChI=1S/C23H31N2O3PS/c1-18-6-9-21(10-7-18)29(26,27)25-14-16-30-23-11-8-20(17-22(23)25)28-15-4-13-24-12-3-5-19(24)2/h6-11,17,19H,3-5,12-16H2,1-2H3,(H,26,27). The van der Waals surface area contributed by atoms with Crippen molar-refractivity contribution in [1.82, 2.24) is 4.90 Å². The first-order chi connectivity index (χ1) is 14.4. The molecule has 2 atom stereocenters. The van der Waals surface area contributed by atoms with Gasteiger partial charge in [0.2, 0.25) is 0 Å². The van der Waals surface area contributed by atoms with Crippen molar-refractivity contribution in [3.63, 3.8) is 0 Å². The van der Waals surface area contributed by atoms with E-state index >= 15 is 0 Å². The van der Waals surface area contributed by atoms with Crippen LogP contribution in [0.2, 0.25) is 0 Å². The molecule has 0 aliphatic carbocycles. The van der Waals surface area contributed by atoms with Gasteiger partial charge >= 0.3 is 7.52 Å². The summed E-state index contributed by atoms with van der Waals surface area (Å²) in [7, 11) is -3.69. The van der Waals surface area contributed by atoms with Gasteiger partial charge in [0.15, 0.2) is 0 Å². The van der Waals surface area contributed by atoms with Gasteiger partial charge in [-0.05, 0) is 63.9 Å². The molecule has 4 rings (SSSR count). The van der Waals surface area contributed by atoms with E-state index in [0.29, 0.717) is 24.5 Å². The van der Waals surface area contributed by atoms with Crippen LogP contribution in [0.4, 0.5) is 5.69 Å². The van der Waals surface area contributed by atoms with Crippen molar-refractivity contribution in [1.29, 1.82) is 0 Å². The van der Waals surface area contributed by atoms with Crippen molar-refractivity contribution in [3.8, 4) is 5.75 Å². The Morgan fingerprint density at radius 1 is 1.20 bits per heavy atom. The quantitative estimate of drug-likeness (QED) is 0.493. The number of anilines is 1. The summed E-state index contributed by atoms with van der Waals surface area (Å²) in [5, 5.41) is 0.469. The topological polar surface area (TPSA) is 53.0 Å². The highest BCUT2D eigenvalue weighted by atomic mass is 32.2. The van der Waals surface area contributed by atoms with Crippen LogP contribution in [0.3, 0.4) is 0 Å². The van der Waals surface area contributed by atoms with Gasteiger partial charge in [0.1, 0.15) is 5.75 Å². The zero-order valence-corrected chi connectivity index (χ0v) is 19.5. The summed E-state index contributed by atoms with van der Waals surface area (Å²) >= 11 is 1.72. The number of hydrogen-bond donors (Lipinski definition) is 1. The minimum absolute atomic E-state index is 0.469. The van der Waals surface area contributed by atoms with E-state index in [0.717, 1.165) is 40.6 Å². The normalized spacial score (nSPS) is 21.3. The molecule has 5 nitrogen and oxygen atoms in total. The van der Waals surface area contributed by atoms with Crippen molar-refractivity contribution in [3.05, 3.63) is 48.0 Å². The largest absolute Gasteiger partial charge is 0.493 e. The predicted molar refractivity (Wildman–Crippen MR) is 126 cm³/mol. The Labute approximate surface area is 183 Å². The molecule has 2 aromatic carbocycles. The Kier molecular flexibility index (Phi) is 6.78. The summed E-state index contributed by atoms with van der Waals surface area (Å²) in [6, 6.07) is 13.9. The number of rotatable bonds is 7. The number of ether oxygens (including phenoxy) is 1. The molecule has 30 heavy (non-hydrogen) atoms. The average Bonchev–Trinajstić information content (AvgIpc) is 3.15. The highest BCUT2D eigenvalue weighted by Gasteiger charge is 2.34. The van der Waals surface area contributed by atoms with Crippen LogP contribution in [0.15, 0.2) is 47.4 Å². The van der Waals surface area contributed by atoms with Crippen molar-refractivity contribution >= 4 is 30.3 Å². The molecule has 2 aliphatic rings. The lowest BCUT2D eigenvalue weighted by Gasteiger charge is -2.34. The van der Waals surface area contributed by atoms with E-state index in [1.165, 1.54) is 19.4 Å². The average molecular weight is 447 g/mol. The third-order valence-corrected chi connectivity index (χ3v) is 9.10. The lowest BCUT2D eigenvalue weighted by Crippen LogP contribution is -2.30. The Bertz CT molecular complexity index is 921. The fraction of sp³-hybridized carbons (Fsp3) is 0.478. The third kappa shape index (κ3) is 4.72. The van der Waals surface area contributed by atoms with Gasteiger partial charge in [0, 0.05) is 35.8 Å².